The van der Waals surface area contributed by atoms with Crippen molar-refractivity contribution in [3.8, 4) is 0 Å². The smallest absolute Gasteiger partial charge is 0.165 e. The van der Waals surface area contributed by atoms with Crippen molar-refractivity contribution in [2.75, 3.05) is 18.0 Å². The van der Waals surface area contributed by atoms with E-state index in [0.717, 1.165) is 19.5 Å². The second kappa shape index (κ2) is 3.73. The Morgan fingerprint density at radius 2 is 2.05 bits per heavy atom. The van der Waals surface area contributed by atoms with E-state index < -0.39 is 5.60 Å². The largest absolute Gasteiger partial charge is 0.368 e. The van der Waals surface area contributed by atoms with Crippen LogP contribution in [-0.2, 0) is 9.53 Å². The maximum atomic E-state index is 11.9. The Hall–Kier alpha value is -1.61. The van der Waals surface area contributed by atoms with Crippen LogP contribution in [0.2, 0.25) is 0 Å². The summed E-state index contributed by atoms with van der Waals surface area (Å²) >= 11 is 0. The van der Waals surface area contributed by atoms with E-state index in [1.807, 2.05) is 6.08 Å². The lowest BCUT2D eigenvalue weighted by molar-refractivity contribution is -0.135. The van der Waals surface area contributed by atoms with Gasteiger partial charge in [0.2, 0.25) is 0 Å². The molecule has 3 nitrogen and oxygen atoms in total. The van der Waals surface area contributed by atoms with E-state index in [2.05, 4.69) is 42.2 Å². The molecular weight excluding hydrogens is 250 g/mol. The molecule has 1 spiro atoms. The molecule has 0 aromatic heterocycles. The Bertz CT molecular complexity index is 606. The number of nitrogens with zero attached hydrogens (tertiary/aromatic N) is 1. The Morgan fingerprint density at radius 1 is 1.30 bits per heavy atom. The quantitative estimate of drug-likeness (QED) is 0.773. The average Bonchev–Trinajstić information content (AvgIpc) is 3.04. The maximum Gasteiger partial charge on any atom is 0.165 e. The van der Waals surface area contributed by atoms with Crippen LogP contribution in [0.3, 0.4) is 0 Å². The predicted octanol–water partition coefficient (Wildman–Crippen LogP) is 2.49. The van der Waals surface area contributed by atoms with Gasteiger partial charge in [-0.15, -0.1) is 0 Å². The number of aryl methyl sites for hydroxylation is 1. The van der Waals surface area contributed by atoms with Crippen molar-refractivity contribution in [1.82, 2.24) is 0 Å². The number of ketones is 1. The third kappa shape index (κ3) is 1.47. The number of Topliss-reactive ketones (excluding diaryl/α,β-unsaturated/α-hetero) is 1. The summed E-state index contributed by atoms with van der Waals surface area (Å²) in [6.45, 7) is 5.57. The summed E-state index contributed by atoms with van der Waals surface area (Å²) in [6.07, 6.45) is 4.96. The Morgan fingerprint density at radius 3 is 2.70 bits per heavy atom. The highest BCUT2D eigenvalue weighted by Crippen LogP contribution is 2.54. The normalized spacial score (nSPS) is 37.5. The fourth-order valence-electron chi connectivity index (χ4n) is 3.90. The molecule has 1 aromatic carbocycles. The molecule has 3 heterocycles. The van der Waals surface area contributed by atoms with E-state index in [1.54, 1.807) is 6.92 Å². The van der Waals surface area contributed by atoms with Crippen LogP contribution in [-0.4, -0.2) is 30.1 Å². The minimum atomic E-state index is -0.621. The van der Waals surface area contributed by atoms with Crippen molar-refractivity contribution < 1.29 is 9.53 Å². The van der Waals surface area contributed by atoms with Crippen molar-refractivity contribution in [2.24, 2.45) is 5.92 Å². The summed E-state index contributed by atoms with van der Waals surface area (Å²) in [5.74, 6) is 0.569. The molecule has 0 saturated carbocycles. The minimum Gasteiger partial charge on any atom is -0.368 e. The number of anilines is 1. The van der Waals surface area contributed by atoms with Gasteiger partial charge < -0.3 is 9.64 Å². The second-order valence-corrected chi connectivity index (χ2v) is 6.45. The van der Waals surface area contributed by atoms with E-state index in [9.17, 15) is 4.79 Å². The van der Waals surface area contributed by atoms with Gasteiger partial charge in [0.05, 0.1) is 6.54 Å². The van der Waals surface area contributed by atoms with Gasteiger partial charge in [0.15, 0.2) is 5.78 Å². The van der Waals surface area contributed by atoms with Gasteiger partial charge in [0, 0.05) is 18.2 Å². The van der Waals surface area contributed by atoms with Crippen LogP contribution in [0.4, 0.5) is 5.69 Å². The Kier molecular flexibility index (Phi) is 2.27. The first-order valence-corrected chi connectivity index (χ1v) is 7.26. The maximum absolute atomic E-state index is 11.9. The van der Waals surface area contributed by atoms with Crippen LogP contribution in [0, 0.1) is 12.8 Å². The number of rotatable bonds is 2. The molecule has 1 aromatic rings. The first kappa shape index (κ1) is 12.2. The second-order valence-electron chi connectivity index (χ2n) is 6.45. The number of hydrogen-bond donors (Lipinski definition) is 0. The molecule has 4 rings (SSSR count). The highest BCUT2D eigenvalue weighted by atomic mass is 16.5. The zero-order valence-electron chi connectivity index (χ0n) is 11.9. The topological polar surface area (TPSA) is 29.5 Å². The number of hydrogen-bond acceptors (Lipinski definition) is 3. The number of carbonyl (C=O) groups is 1. The highest BCUT2D eigenvalue weighted by Gasteiger charge is 2.63. The molecule has 2 saturated heterocycles. The Balaban J connectivity index is 1.61. The summed E-state index contributed by atoms with van der Waals surface area (Å²) in [5, 5.41) is 0. The molecule has 2 fully saturated rings. The molecule has 3 aliphatic rings. The first-order valence-electron chi connectivity index (χ1n) is 7.26. The SMILES string of the molecule is CC(=O)C12C=CC3(CN(c4ccc(C)cc4)CC3C1)O2. The summed E-state index contributed by atoms with van der Waals surface area (Å²) in [7, 11) is 0. The van der Waals surface area contributed by atoms with Gasteiger partial charge in [0.1, 0.15) is 11.2 Å². The lowest BCUT2D eigenvalue weighted by Crippen LogP contribution is -2.37. The van der Waals surface area contributed by atoms with Crippen LogP contribution in [0.15, 0.2) is 36.4 Å². The van der Waals surface area contributed by atoms with Gasteiger partial charge >= 0.3 is 0 Å². The van der Waals surface area contributed by atoms with Crippen LogP contribution in [0.5, 0.6) is 0 Å². The van der Waals surface area contributed by atoms with Gasteiger partial charge in [-0.25, -0.2) is 0 Å². The zero-order chi connectivity index (χ0) is 14.0. The molecule has 0 amide bonds. The van der Waals surface area contributed by atoms with E-state index in [0.29, 0.717) is 5.92 Å². The van der Waals surface area contributed by atoms with Crippen molar-refractivity contribution in [1.29, 1.82) is 0 Å². The number of ether oxygens (including phenoxy) is 1. The fraction of sp³-hybridized carbons (Fsp3) is 0.471. The molecule has 3 aliphatic heterocycles. The molecule has 0 radical (unpaired) electrons. The zero-order valence-corrected chi connectivity index (χ0v) is 11.9. The van der Waals surface area contributed by atoms with Crippen molar-refractivity contribution in [3.05, 3.63) is 42.0 Å². The van der Waals surface area contributed by atoms with Gasteiger partial charge in [-0.05, 0) is 38.5 Å². The minimum absolute atomic E-state index is 0.141. The third-order valence-corrected chi connectivity index (χ3v) is 5.12. The third-order valence-electron chi connectivity index (χ3n) is 5.12. The molecular formula is C17H19NO2. The lowest BCUT2D eigenvalue weighted by atomic mass is 9.80. The van der Waals surface area contributed by atoms with Crippen molar-refractivity contribution in [3.63, 3.8) is 0 Å². The average molecular weight is 269 g/mol. The predicted molar refractivity (Wildman–Crippen MR) is 77.9 cm³/mol. The molecule has 20 heavy (non-hydrogen) atoms. The summed E-state index contributed by atoms with van der Waals surface area (Å²) < 4.78 is 6.21. The summed E-state index contributed by atoms with van der Waals surface area (Å²) in [5.41, 5.74) is 1.66. The lowest BCUT2D eigenvalue weighted by Gasteiger charge is -2.25. The van der Waals surface area contributed by atoms with Crippen molar-refractivity contribution >= 4 is 11.5 Å². The molecule has 3 heteroatoms. The summed E-state index contributed by atoms with van der Waals surface area (Å²) in [4.78, 5) is 14.2. The monoisotopic (exact) mass is 269 g/mol. The van der Waals surface area contributed by atoms with Gasteiger partial charge in [-0.2, -0.15) is 0 Å². The Labute approximate surface area is 119 Å². The van der Waals surface area contributed by atoms with E-state index >= 15 is 0 Å². The number of fused-ring (bicyclic) bond motifs is 1. The molecule has 0 N–H and O–H groups in total. The molecule has 104 valence electrons. The van der Waals surface area contributed by atoms with E-state index in [1.165, 1.54) is 11.3 Å². The highest BCUT2D eigenvalue weighted by molar-refractivity contribution is 5.89. The molecule has 3 unspecified atom stereocenters. The fourth-order valence-corrected chi connectivity index (χ4v) is 3.90. The molecule has 3 atom stereocenters. The van der Waals surface area contributed by atoms with Gasteiger partial charge in [0.25, 0.3) is 0 Å². The standard InChI is InChI=1S/C17H19NO2/c1-12-3-5-15(6-4-12)18-10-14-9-16(13(2)19)7-8-17(14,11-18)20-16/h3-8,14H,9-11H2,1-2H3. The van der Waals surface area contributed by atoms with Crippen LogP contribution < -0.4 is 4.90 Å². The van der Waals surface area contributed by atoms with Crippen LogP contribution in [0.25, 0.3) is 0 Å². The van der Waals surface area contributed by atoms with E-state index in [-0.39, 0.29) is 11.4 Å². The van der Waals surface area contributed by atoms with Crippen LogP contribution >= 0.6 is 0 Å². The molecule has 2 bridgehead atoms. The van der Waals surface area contributed by atoms with Gasteiger partial charge in [-0.3, -0.25) is 4.79 Å². The molecule has 0 aliphatic carbocycles. The number of carbonyl (C=O) groups excluding carboxylic acids is 1. The van der Waals surface area contributed by atoms with Crippen molar-refractivity contribution in [2.45, 2.75) is 31.5 Å². The summed E-state index contributed by atoms with van der Waals surface area (Å²) in [6, 6.07) is 8.63. The number of benzene rings is 1. The van der Waals surface area contributed by atoms with Gasteiger partial charge in [-0.1, -0.05) is 23.8 Å². The first-order chi connectivity index (χ1) is 9.53. The van der Waals surface area contributed by atoms with E-state index in [4.69, 9.17) is 4.74 Å². The van der Waals surface area contributed by atoms with Crippen LogP contribution in [0.1, 0.15) is 18.9 Å².